The summed E-state index contributed by atoms with van der Waals surface area (Å²) in [5.41, 5.74) is 3.92. The van der Waals surface area contributed by atoms with Gasteiger partial charge >= 0.3 is 5.97 Å². The Hall–Kier alpha value is -1.65. The molecule has 1 heterocycles. The van der Waals surface area contributed by atoms with E-state index in [1.807, 2.05) is 16.8 Å². The predicted molar refractivity (Wildman–Crippen MR) is 105 cm³/mol. The number of carbonyl (C=O) groups is 1. The van der Waals surface area contributed by atoms with Gasteiger partial charge in [0.25, 0.3) is 0 Å². The van der Waals surface area contributed by atoms with Gasteiger partial charge in [0.2, 0.25) is 0 Å². The third kappa shape index (κ3) is 6.29. The Balaban J connectivity index is 1.90. The van der Waals surface area contributed by atoms with Crippen molar-refractivity contribution in [1.29, 1.82) is 0 Å². The molecule has 1 aromatic heterocycles. The normalized spacial score (nSPS) is 14.2. The van der Waals surface area contributed by atoms with Crippen LogP contribution in [0.15, 0.2) is 41.1 Å². The standard InChI is InChI=1S/C21H29NO2S/c1-15(11-16-5-7-18(8-6-16)21(2,3)4)13-22-19(12-20(23)24)17-9-10-25-14-17/h5-10,14-15,19,22H,11-13H2,1-4H3,(H,23,24)/t15-,19+/m0/s1. The minimum Gasteiger partial charge on any atom is -0.481 e. The highest BCUT2D eigenvalue weighted by Crippen LogP contribution is 2.23. The molecule has 0 unspecified atom stereocenters. The highest BCUT2D eigenvalue weighted by Gasteiger charge is 2.17. The van der Waals surface area contributed by atoms with Crippen molar-refractivity contribution in [1.82, 2.24) is 5.32 Å². The zero-order valence-corrected chi connectivity index (χ0v) is 16.4. The first-order valence-corrected chi connectivity index (χ1v) is 9.76. The van der Waals surface area contributed by atoms with Gasteiger partial charge in [-0.05, 0) is 57.8 Å². The van der Waals surface area contributed by atoms with Gasteiger partial charge in [-0.2, -0.15) is 11.3 Å². The van der Waals surface area contributed by atoms with E-state index in [2.05, 4.69) is 57.3 Å². The van der Waals surface area contributed by atoms with Gasteiger partial charge < -0.3 is 10.4 Å². The second-order valence-electron chi connectivity index (χ2n) is 7.87. The lowest BCUT2D eigenvalue weighted by Crippen LogP contribution is -2.28. The maximum absolute atomic E-state index is 11.1. The summed E-state index contributed by atoms with van der Waals surface area (Å²) in [5, 5.41) is 16.6. The fourth-order valence-electron chi connectivity index (χ4n) is 2.91. The lowest BCUT2D eigenvalue weighted by Gasteiger charge is -2.21. The number of carboxylic acids is 1. The molecular formula is C21H29NO2S. The number of benzene rings is 1. The number of carboxylic acid groups (broad SMARTS) is 1. The molecule has 25 heavy (non-hydrogen) atoms. The zero-order valence-electron chi connectivity index (χ0n) is 15.6. The molecule has 0 bridgehead atoms. The molecule has 0 amide bonds. The van der Waals surface area contributed by atoms with E-state index < -0.39 is 5.97 Å². The largest absolute Gasteiger partial charge is 0.481 e. The van der Waals surface area contributed by atoms with Crippen molar-refractivity contribution < 1.29 is 9.90 Å². The minimum absolute atomic E-state index is 0.115. The molecule has 2 aromatic rings. The number of hydrogen-bond acceptors (Lipinski definition) is 3. The first-order valence-electron chi connectivity index (χ1n) is 8.82. The Morgan fingerprint density at radius 3 is 2.40 bits per heavy atom. The van der Waals surface area contributed by atoms with Crippen LogP contribution in [0.5, 0.6) is 0 Å². The Bertz CT molecular complexity index is 656. The van der Waals surface area contributed by atoms with E-state index in [9.17, 15) is 4.79 Å². The van der Waals surface area contributed by atoms with Crippen LogP contribution in [0.1, 0.15) is 56.8 Å². The van der Waals surface area contributed by atoms with E-state index in [0.29, 0.717) is 5.92 Å². The van der Waals surface area contributed by atoms with Crippen LogP contribution in [0, 0.1) is 5.92 Å². The van der Waals surface area contributed by atoms with Crippen LogP contribution in [0.2, 0.25) is 0 Å². The lowest BCUT2D eigenvalue weighted by molar-refractivity contribution is -0.137. The molecule has 2 N–H and O–H groups in total. The monoisotopic (exact) mass is 359 g/mol. The number of thiophene rings is 1. The van der Waals surface area contributed by atoms with Gasteiger partial charge in [0.05, 0.1) is 6.42 Å². The van der Waals surface area contributed by atoms with Gasteiger partial charge in [0.1, 0.15) is 0 Å². The van der Waals surface area contributed by atoms with Crippen molar-refractivity contribution in [2.75, 3.05) is 6.54 Å². The Kier molecular flexibility index (Phi) is 6.79. The molecule has 2 atom stereocenters. The molecule has 0 fully saturated rings. The summed E-state index contributed by atoms with van der Waals surface area (Å²) >= 11 is 1.60. The SMILES string of the molecule is C[C@H](CN[C@H](CC(=O)O)c1ccsc1)Cc1ccc(C(C)(C)C)cc1. The fraction of sp³-hybridized carbons (Fsp3) is 0.476. The Morgan fingerprint density at radius 2 is 1.88 bits per heavy atom. The summed E-state index contributed by atoms with van der Waals surface area (Å²) in [5.74, 6) is -0.329. The molecular weight excluding hydrogens is 330 g/mol. The summed E-state index contributed by atoms with van der Waals surface area (Å²) in [7, 11) is 0. The first-order chi connectivity index (χ1) is 11.8. The average Bonchev–Trinajstić information content (AvgIpc) is 3.05. The third-order valence-corrected chi connectivity index (χ3v) is 5.14. The second-order valence-corrected chi connectivity index (χ2v) is 8.65. The molecule has 2 rings (SSSR count). The maximum atomic E-state index is 11.1. The molecule has 0 saturated carbocycles. The molecule has 0 radical (unpaired) electrons. The van der Waals surface area contributed by atoms with E-state index in [-0.39, 0.29) is 17.9 Å². The van der Waals surface area contributed by atoms with Crippen LogP contribution in [-0.2, 0) is 16.6 Å². The topological polar surface area (TPSA) is 49.3 Å². The number of aliphatic carboxylic acids is 1. The maximum Gasteiger partial charge on any atom is 0.305 e. The molecule has 0 aliphatic heterocycles. The van der Waals surface area contributed by atoms with Crippen LogP contribution in [0.3, 0.4) is 0 Å². The molecule has 0 aliphatic carbocycles. The molecule has 0 spiro atoms. The molecule has 4 heteroatoms. The number of rotatable bonds is 8. The molecule has 0 saturated heterocycles. The van der Waals surface area contributed by atoms with Crippen molar-refractivity contribution in [3.8, 4) is 0 Å². The van der Waals surface area contributed by atoms with Crippen molar-refractivity contribution in [3.63, 3.8) is 0 Å². The Labute approximate surface area is 155 Å². The number of nitrogens with one attached hydrogen (secondary N) is 1. The van der Waals surface area contributed by atoms with E-state index in [0.717, 1.165) is 18.5 Å². The van der Waals surface area contributed by atoms with Crippen LogP contribution in [-0.4, -0.2) is 17.6 Å². The van der Waals surface area contributed by atoms with Gasteiger partial charge in [-0.3, -0.25) is 4.79 Å². The molecule has 0 aliphatic rings. The molecule has 1 aromatic carbocycles. The highest BCUT2D eigenvalue weighted by molar-refractivity contribution is 7.07. The van der Waals surface area contributed by atoms with Crippen molar-refractivity contribution in [3.05, 3.63) is 57.8 Å². The average molecular weight is 360 g/mol. The van der Waals surface area contributed by atoms with E-state index >= 15 is 0 Å². The number of hydrogen-bond donors (Lipinski definition) is 2. The van der Waals surface area contributed by atoms with E-state index in [4.69, 9.17) is 5.11 Å². The van der Waals surface area contributed by atoms with Gasteiger partial charge in [-0.25, -0.2) is 0 Å². The summed E-state index contributed by atoms with van der Waals surface area (Å²) in [6.07, 6.45) is 1.10. The molecule has 136 valence electrons. The zero-order chi connectivity index (χ0) is 18.4. The van der Waals surface area contributed by atoms with Gasteiger partial charge in [0.15, 0.2) is 0 Å². The van der Waals surface area contributed by atoms with Crippen LogP contribution in [0.4, 0.5) is 0 Å². The highest BCUT2D eigenvalue weighted by atomic mass is 32.1. The van der Waals surface area contributed by atoms with E-state index in [1.165, 1.54) is 11.1 Å². The van der Waals surface area contributed by atoms with Crippen molar-refractivity contribution in [2.24, 2.45) is 5.92 Å². The van der Waals surface area contributed by atoms with Crippen LogP contribution >= 0.6 is 11.3 Å². The van der Waals surface area contributed by atoms with Gasteiger partial charge in [-0.15, -0.1) is 0 Å². The Morgan fingerprint density at radius 1 is 1.20 bits per heavy atom. The second kappa shape index (κ2) is 8.63. The van der Waals surface area contributed by atoms with Crippen molar-refractivity contribution in [2.45, 2.75) is 52.0 Å². The fourth-order valence-corrected chi connectivity index (χ4v) is 3.63. The predicted octanol–water partition coefficient (Wildman–Crippen LogP) is 5.03. The van der Waals surface area contributed by atoms with Crippen LogP contribution in [0.25, 0.3) is 0 Å². The summed E-state index contributed by atoms with van der Waals surface area (Å²) < 4.78 is 0. The van der Waals surface area contributed by atoms with Crippen molar-refractivity contribution >= 4 is 17.3 Å². The summed E-state index contributed by atoms with van der Waals surface area (Å²) in [6.45, 7) is 9.68. The van der Waals surface area contributed by atoms with E-state index in [1.54, 1.807) is 11.3 Å². The molecule has 3 nitrogen and oxygen atoms in total. The van der Waals surface area contributed by atoms with Crippen LogP contribution < -0.4 is 5.32 Å². The minimum atomic E-state index is -0.769. The van der Waals surface area contributed by atoms with Gasteiger partial charge in [0, 0.05) is 6.04 Å². The third-order valence-electron chi connectivity index (χ3n) is 4.44. The quantitative estimate of drug-likeness (QED) is 0.695. The first kappa shape index (κ1) is 19.7. The van der Waals surface area contributed by atoms with Gasteiger partial charge in [-0.1, -0.05) is 52.0 Å². The smallest absolute Gasteiger partial charge is 0.305 e. The summed E-state index contributed by atoms with van der Waals surface area (Å²) in [6, 6.07) is 10.7. The lowest BCUT2D eigenvalue weighted by atomic mass is 9.86. The summed E-state index contributed by atoms with van der Waals surface area (Å²) in [4.78, 5) is 11.1.